The predicted octanol–water partition coefficient (Wildman–Crippen LogP) is 4.03. The van der Waals surface area contributed by atoms with Crippen molar-refractivity contribution in [3.63, 3.8) is 0 Å². The van der Waals surface area contributed by atoms with Crippen LogP contribution in [0.4, 0.5) is 0 Å². The number of nitrogens with zero attached hydrogens (tertiary/aromatic N) is 3. The van der Waals surface area contributed by atoms with Gasteiger partial charge < -0.3 is 10.2 Å². The minimum absolute atomic E-state index is 0.0550. The van der Waals surface area contributed by atoms with E-state index in [1.165, 1.54) is 30.3 Å². The second-order valence-electron chi connectivity index (χ2n) is 6.16. The monoisotopic (exact) mass is 411 g/mol. The quantitative estimate of drug-likeness (QED) is 0.663. The van der Waals surface area contributed by atoms with Crippen molar-refractivity contribution in [3.05, 3.63) is 81.3 Å². The number of rotatable bonds is 5. The van der Waals surface area contributed by atoms with Crippen molar-refractivity contribution in [2.75, 3.05) is 0 Å². The zero-order chi connectivity index (χ0) is 18.9. The molecule has 2 N–H and O–H groups in total. The average molecular weight is 413 g/mol. The van der Waals surface area contributed by atoms with Gasteiger partial charge >= 0.3 is 0 Å². The van der Waals surface area contributed by atoms with Crippen LogP contribution in [0, 0.1) is 0 Å². The van der Waals surface area contributed by atoms with Crippen LogP contribution in [-0.2, 0) is 17.7 Å². The second kappa shape index (κ2) is 7.18. The normalized spacial score (nSPS) is 16.1. The molecule has 1 aromatic heterocycles. The van der Waals surface area contributed by atoms with E-state index in [4.69, 9.17) is 34.8 Å². The van der Waals surface area contributed by atoms with Gasteiger partial charge in [0.2, 0.25) is 0 Å². The molecule has 0 spiro atoms. The highest BCUT2D eigenvalue weighted by Crippen LogP contribution is 2.44. The molecule has 26 heavy (non-hydrogen) atoms. The summed E-state index contributed by atoms with van der Waals surface area (Å²) < 4.78 is 1.44. The van der Waals surface area contributed by atoms with Gasteiger partial charge in [-0.1, -0.05) is 53.0 Å². The van der Waals surface area contributed by atoms with Crippen molar-refractivity contribution >= 4 is 34.8 Å². The summed E-state index contributed by atoms with van der Waals surface area (Å²) >= 11 is 18.2. The molecule has 5 nitrogen and oxygen atoms in total. The Morgan fingerprint density at radius 2 is 1.65 bits per heavy atom. The van der Waals surface area contributed by atoms with Gasteiger partial charge in [-0.15, -0.1) is 0 Å². The zero-order valence-electron chi connectivity index (χ0n) is 13.8. The minimum Gasteiger partial charge on any atom is -0.382 e. The standard InChI is InChI=1S/C18H16Cl3N3O2/c1-17(25,15-7-6-14(20)8-16(15)21)18(26,9-24-11-22-10-23-24)12-2-4-13(19)5-3-12/h2-8,10-11,25-26H,9H2,1H3. The van der Waals surface area contributed by atoms with Crippen LogP contribution >= 0.6 is 34.8 Å². The van der Waals surface area contributed by atoms with Crippen LogP contribution in [0.1, 0.15) is 18.1 Å². The Labute approximate surface area is 165 Å². The molecule has 8 heteroatoms. The zero-order valence-corrected chi connectivity index (χ0v) is 16.0. The SMILES string of the molecule is CC(O)(c1ccc(Cl)cc1Cl)C(O)(Cn1cncn1)c1ccc(Cl)cc1. The Bertz CT molecular complexity index is 899. The summed E-state index contributed by atoms with van der Waals surface area (Å²) in [4.78, 5) is 3.89. The van der Waals surface area contributed by atoms with Crippen molar-refractivity contribution in [2.24, 2.45) is 0 Å². The highest BCUT2D eigenvalue weighted by molar-refractivity contribution is 6.35. The molecule has 2 unspecified atom stereocenters. The van der Waals surface area contributed by atoms with E-state index in [0.29, 0.717) is 21.2 Å². The summed E-state index contributed by atoms with van der Waals surface area (Å²) in [5.74, 6) is 0. The molecular formula is C18H16Cl3N3O2. The molecule has 0 aliphatic heterocycles. The van der Waals surface area contributed by atoms with Crippen LogP contribution < -0.4 is 0 Å². The Morgan fingerprint density at radius 1 is 1.00 bits per heavy atom. The van der Waals surface area contributed by atoms with E-state index in [0.717, 1.165) is 0 Å². The summed E-state index contributed by atoms with van der Waals surface area (Å²) in [5.41, 5.74) is -2.76. The van der Waals surface area contributed by atoms with Crippen LogP contribution in [0.15, 0.2) is 55.1 Å². The van der Waals surface area contributed by atoms with Gasteiger partial charge in [0, 0.05) is 20.6 Å². The number of hydrogen-bond acceptors (Lipinski definition) is 4. The van der Waals surface area contributed by atoms with Crippen LogP contribution in [0.25, 0.3) is 0 Å². The Balaban J connectivity index is 2.16. The lowest BCUT2D eigenvalue weighted by Crippen LogP contribution is -2.50. The van der Waals surface area contributed by atoms with Crippen LogP contribution in [0.3, 0.4) is 0 Å². The maximum Gasteiger partial charge on any atom is 0.142 e. The van der Waals surface area contributed by atoms with Crippen molar-refractivity contribution in [2.45, 2.75) is 24.7 Å². The first-order valence-electron chi connectivity index (χ1n) is 7.73. The fourth-order valence-electron chi connectivity index (χ4n) is 2.91. The van der Waals surface area contributed by atoms with Crippen LogP contribution in [-0.4, -0.2) is 25.0 Å². The first-order chi connectivity index (χ1) is 12.2. The molecule has 0 aliphatic carbocycles. The molecule has 136 valence electrons. The Hall–Kier alpha value is -1.63. The Kier molecular flexibility index (Phi) is 5.28. The first-order valence-corrected chi connectivity index (χ1v) is 8.86. The van der Waals surface area contributed by atoms with E-state index < -0.39 is 11.2 Å². The topological polar surface area (TPSA) is 71.2 Å². The van der Waals surface area contributed by atoms with E-state index in [1.807, 2.05) is 0 Å². The van der Waals surface area contributed by atoms with Gasteiger partial charge in [0.05, 0.1) is 6.54 Å². The molecule has 0 saturated heterocycles. The predicted molar refractivity (Wildman–Crippen MR) is 101 cm³/mol. The van der Waals surface area contributed by atoms with E-state index in [9.17, 15) is 10.2 Å². The van der Waals surface area contributed by atoms with Gasteiger partial charge in [-0.2, -0.15) is 5.10 Å². The van der Waals surface area contributed by atoms with E-state index >= 15 is 0 Å². The maximum atomic E-state index is 11.6. The van der Waals surface area contributed by atoms with E-state index in [2.05, 4.69) is 10.1 Å². The third-order valence-corrected chi connectivity index (χ3v) is 5.24. The molecule has 0 bridgehead atoms. The highest BCUT2D eigenvalue weighted by Gasteiger charge is 2.50. The lowest BCUT2D eigenvalue weighted by molar-refractivity contribution is -0.164. The molecule has 3 aromatic rings. The minimum atomic E-state index is -1.78. The van der Waals surface area contributed by atoms with Gasteiger partial charge in [-0.25, -0.2) is 9.67 Å². The number of hydrogen-bond donors (Lipinski definition) is 2. The van der Waals surface area contributed by atoms with Crippen molar-refractivity contribution in [1.29, 1.82) is 0 Å². The molecule has 0 aliphatic rings. The number of benzene rings is 2. The van der Waals surface area contributed by atoms with Gasteiger partial charge in [0.1, 0.15) is 23.9 Å². The molecule has 1 heterocycles. The fraction of sp³-hybridized carbons (Fsp3) is 0.222. The summed E-state index contributed by atoms with van der Waals surface area (Å²) in [6, 6.07) is 11.3. The largest absolute Gasteiger partial charge is 0.382 e. The van der Waals surface area contributed by atoms with Gasteiger partial charge in [0.15, 0.2) is 0 Å². The molecule has 0 radical (unpaired) electrons. The van der Waals surface area contributed by atoms with E-state index in [1.54, 1.807) is 36.4 Å². The summed E-state index contributed by atoms with van der Waals surface area (Å²) in [7, 11) is 0. The lowest BCUT2D eigenvalue weighted by atomic mass is 9.74. The van der Waals surface area contributed by atoms with Crippen LogP contribution in [0.2, 0.25) is 15.1 Å². The van der Waals surface area contributed by atoms with Crippen molar-refractivity contribution in [1.82, 2.24) is 14.8 Å². The third kappa shape index (κ3) is 3.46. The molecular weight excluding hydrogens is 397 g/mol. The molecule has 0 amide bonds. The van der Waals surface area contributed by atoms with Gasteiger partial charge in [0.25, 0.3) is 0 Å². The van der Waals surface area contributed by atoms with Crippen molar-refractivity contribution < 1.29 is 10.2 Å². The van der Waals surface area contributed by atoms with Gasteiger partial charge in [-0.3, -0.25) is 0 Å². The number of aliphatic hydroxyl groups is 2. The van der Waals surface area contributed by atoms with E-state index in [-0.39, 0.29) is 11.6 Å². The summed E-state index contributed by atoms with van der Waals surface area (Å²) in [6.45, 7) is 1.44. The molecule has 2 aromatic carbocycles. The van der Waals surface area contributed by atoms with Gasteiger partial charge in [-0.05, 0) is 36.8 Å². The number of aromatic nitrogens is 3. The molecule has 3 rings (SSSR count). The van der Waals surface area contributed by atoms with Crippen molar-refractivity contribution in [3.8, 4) is 0 Å². The molecule has 0 fully saturated rings. The smallest absolute Gasteiger partial charge is 0.142 e. The lowest BCUT2D eigenvalue weighted by Gasteiger charge is -2.42. The molecule has 0 saturated carbocycles. The fourth-order valence-corrected chi connectivity index (χ4v) is 3.63. The summed E-state index contributed by atoms with van der Waals surface area (Å²) in [5, 5.41) is 28.3. The maximum absolute atomic E-state index is 11.6. The second-order valence-corrected chi connectivity index (χ2v) is 7.44. The molecule has 2 atom stereocenters. The number of halogens is 3. The van der Waals surface area contributed by atoms with Crippen LogP contribution in [0.5, 0.6) is 0 Å². The Morgan fingerprint density at radius 3 is 2.23 bits per heavy atom. The highest BCUT2D eigenvalue weighted by atomic mass is 35.5. The first kappa shape index (κ1) is 19.1. The third-order valence-electron chi connectivity index (χ3n) is 4.44. The average Bonchev–Trinajstić information content (AvgIpc) is 3.07. The summed E-state index contributed by atoms with van der Waals surface area (Å²) in [6.07, 6.45) is 2.81.